The van der Waals surface area contributed by atoms with Gasteiger partial charge in [0.05, 0.1) is 13.2 Å². The fraction of sp³-hybridized carbons (Fsp3) is 0.619. The SMILES string of the molecule is CC(C)(C)C(=O)NCCCC(=O)Nc1ccc(CCN2CCOCC2)cc1. The molecule has 0 atom stereocenters. The lowest BCUT2D eigenvalue weighted by Crippen LogP contribution is -2.37. The van der Waals surface area contributed by atoms with Gasteiger partial charge in [-0.25, -0.2) is 0 Å². The largest absolute Gasteiger partial charge is 0.379 e. The van der Waals surface area contributed by atoms with Crippen LogP contribution in [-0.4, -0.2) is 56.1 Å². The van der Waals surface area contributed by atoms with E-state index in [1.807, 2.05) is 32.9 Å². The molecule has 1 aliphatic heterocycles. The molecule has 1 saturated heterocycles. The van der Waals surface area contributed by atoms with Gasteiger partial charge in [-0.2, -0.15) is 0 Å². The van der Waals surface area contributed by atoms with Crippen molar-refractivity contribution in [3.8, 4) is 0 Å². The molecule has 0 spiro atoms. The molecule has 27 heavy (non-hydrogen) atoms. The Balaban J connectivity index is 1.64. The Hall–Kier alpha value is -1.92. The van der Waals surface area contributed by atoms with E-state index in [1.165, 1.54) is 5.56 Å². The Kier molecular flexibility index (Phi) is 8.25. The molecule has 2 rings (SSSR count). The molecule has 0 saturated carbocycles. The quantitative estimate of drug-likeness (QED) is 0.685. The second kappa shape index (κ2) is 10.4. The van der Waals surface area contributed by atoms with Crippen molar-refractivity contribution in [2.45, 2.75) is 40.0 Å². The van der Waals surface area contributed by atoms with Crippen molar-refractivity contribution >= 4 is 17.5 Å². The summed E-state index contributed by atoms with van der Waals surface area (Å²) in [5.74, 6) is -0.0170. The number of anilines is 1. The smallest absolute Gasteiger partial charge is 0.225 e. The summed E-state index contributed by atoms with van der Waals surface area (Å²) in [6, 6.07) is 8.04. The van der Waals surface area contributed by atoms with E-state index in [1.54, 1.807) is 0 Å². The average Bonchev–Trinajstić information content (AvgIpc) is 2.64. The van der Waals surface area contributed by atoms with Crippen LogP contribution in [-0.2, 0) is 20.7 Å². The highest BCUT2D eigenvalue weighted by Gasteiger charge is 2.20. The maximum Gasteiger partial charge on any atom is 0.225 e. The molecule has 6 nitrogen and oxygen atoms in total. The van der Waals surface area contributed by atoms with Crippen LogP contribution in [0.5, 0.6) is 0 Å². The van der Waals surface area contributed by atoms with Crippen LogP contribution in [0.25, 0.3) is 0 Å². The summed E-state index contributed by atoms with van der Waals surface area (Å²) in [6.45, 7) is 10.8. The third-order valence-corrected chi connectivity index (χ3v) is 4.61. The number of carbonyl (C=O) groups is 2. The molecular formula is C21H33N3O3. The fourth-order valence-corrected chi connectivity index (χ4v) is 2.81. The lowest BCUT2D eigenvalue weighted by Gasteiger charge is -2.26. The van der Waals surface area contributed by atoms with Crippen LogP contribution < -0.4 is 10.6 Å². The Morgan fingerprint density at radius 2 is 1.78 bits per heavy atom. The Labute approximate surface area is 162 Å². The number of hydrogen-bond acceptors (Lipinski definition) is 4. The summed E-state index contributed by atoms with van der Waals surface area (Å²) < 4.78 is 5.36. The summed E-state index contributed by atoms with van der Waals surface area (Å²) in [5, 5.41) is 5.77. The first-order valence-corrected chi connectivity index (χ1v) is 9.82. The maximum atomic E-state index is 12.0. The van der Waals surface area contributed by atoms with E-state index < -0.39 is 5.41 Å². The van der Waals surface area contributed by atoms with Gasteiger partial charge >= 0.3 is 0 Å². The van der Waals surface area contributed by atoms with Gasteiger partial charge in [-0.15, -0.1) is 0 Å². The normalized spacial score (nSPS) is 15.4. The molecule has 2 N–H and O–H groups in total. The summed E-state index contributed by atoms with van der Waals surface area (Å²) in [7, 11) is 0. The van der Waals surface area contributed by atoms with Crippen LogP contribution in [0.1, 0.15) is 39.2 Å². The van der Waals surface area contributed by atoms with Gasteiger partial charge in [0.2, 0.25) is 11.8 Å². The first-order chi connectivity index (χ1) is 12.8. The van der Waals surface area contributed by atoms with Gasteiger partial charge in [-0.05, 0) is 30.5 Å². The molecule has 150 valence electrons. The van der Waals surface area contributed by atoms with E-state index in [-0.39, 0.29) is 11.8 Å². The van der Waals surface area contributed by atoms with Crippen LogP contribution in [0.15, 0.2) is 24.3 Å². The van der Waals surface area contributed by atoms with Crippen molar-refractivity contribution in [2.75, 3.05) is 44.7 Å². The Morgan fingerprint density at radius 3 is 2.41 bits per heavy atom. The first-order valence-electron chi connectivity index (χ1n) is 9.82. The standard InChI is InChI=1S/C21H33N3O3/c1-21(2,3)20(26)22-11-4-5-19(25)23-18-8-6-17(7-9-18)10-12-24-13-15-27-16-14-24/h6-9H,4-5,10-16H2,1-3H3,(H,22,26)(H,23,25). The zero-order valence-electron chi connectivity index (χ0n) is 16.8. The molecule has 0 aromatic heterocycles. The molecule has 1 fully saturated rings. The molecule has 2 amide bonds. The number of ether oxygens (including phenoxy) is 1. The maximum absolute atomic E-state index is 12.0. The van der Waals surface area contributed by atoms with Gasteiger partial charge in [-0.1, -0.05) is 32.9 Å². The molecular weight excluding hydrogens is 342 g/mol. The van der Waals surface area contributed by atoms with Crippen molar-refractivity contribution in [3.63, 3.8) is 0 Å². The molecule has 1 aromatic rings. The molecule has 1 aromatic carbocycles. The monoisotopic (exact) mass is 375 g/mol. The predicted octanol–water partition coefficient (Wildman–Crippen LogP) is 2.44. The van der Waals surface area contributed by atoms with E-state index in [4.69, 9.17) is 4.74 Å². The van der Waals surface area contributed by atoms with Gasteiger partial charge in [-0.3, -0.25) is 14.5 Å². The van der Waals surface area contributed by atoms with Crippen molar-refractivity contribution in [2.24, 2.45) is 5.41 Å². The highest BCUT2D eigenvalue weighted by molar-refractivity contribution is 5.90. The van der Waals surface area contributed by atoms with Gasteiger partial charge < -0.3 is 15.4 Å². The summed E-state index contributed by atoms with van der Waals surface area (Å²) in [4.78, 5) is 26.2. The molecule has 0 bridgehead atoms. The number of carbonyl (C=O) groups excluding carboxylic acids is 2. The lowest BCUT2D eigenvalue weighted by atomic mass is 9.96. The van der Waals surface area contributed by atoms with E-state index in [2.05, 4.69) is 27.7 Å². The molecule has 6 heteroatoms. The lowest BCUT2D eigenvalue weighted by molar-refractivity contribution is -0.128. The van der Waals surface area contributed by atoms with E-state index in [0.29, 0.717) is 19.4 Å². The summed E-state index contributed by atoms with van der Waals surface area (Å²) in [6.07, 6.45) is 2.02. The number of benzene rings is 1. The second-order valence-corrected chi connectivity index (χ2v) is 8.06. The predicted molar refractivity (Wildman–Crippen MR) is 108 cm³/mol. The van der Waals surface area contributed by atoms with Gasteiger partial charge in [0.15, 0.2) is 0 Å². The number of rotatable bonds is 8. The highest BCUT2D eigenvalue weighted by Crippen LogP contribution is 2.13. The topological polar surface area (TPSA) is 70.7 Å². The van der Waals surface area contributed by atoms with Crippen LogP contribution in [0.2, 0.25) is 0 Å². The van der Waals surface area contributed by atoms with Crippen molar-refractivity contribution in [1.29, 1.82) is 0 Å². The van der Waals surface area contributed by atoms with Gasteiger partial charge in [0.25, 0.3) is 0 Å². The van der Waals surface area contributed by atoms with E-state index >= 15 is 0 Å². The highest BCUT2D eigenvalue weighted by atomic mass is 16.5. The number of hydrogen-bond donors (Lipinski definition) is 2. The molecule has 0 unspecified atom stereocenters. The molecule has 0 aliphatic carbocycles. The zero-order valence-corrected chi connectivity index (χ0v) is 16.8. The number of amides is 2. The zero-order chi connectivity index (χ0) is 19.7. The van der Waals surface area contributed by atoms with Crippen LogP contribution in [0, 0.1) is 5.41 Å². The van der Waals surface area contributed by atoms with Crippen molar-refractivity contribution in [3.05, 3.63) is 29.8 Å². The third kappa shape index (κ3) is 8.10. The minimum Gasteiger partial charge on any atom is -0.379 e. The van der Waals surface area contributed by atoms with Crippen LogP contribution >= 0.6 is 0 Å². The average molecular weight is 376 g/mol. The fourth-order valence-electron chi connectivity index (χ4n) is 2.81. The van der Waals surface area contributed by atoms with E-state index in [0.717, 1.165) is 45.0 Å². The third-order valence-electron chi connectivity index (χ3n) is 4.61. The Bertz CT molecular complexity index is 602. The van der Waals surface area contributed by atoms with E-state index in [9.17, 15) is 9.59 Å². The minimum atomic E-state index is -0.397. The number of nitrogens with zero attached hydrogens (tertiary/aromatic N) is 1. The number of nitrogens with one attached hydrogen (secondary N) is 2. The molecule has 0 radical (unpaired) electrons. The summed E-state index contributed by atoms with van der Waals surface area (Å²) >= 11 is 0. The van der Waals surface area contributed by atoms with Gasteiger partial charge in [0.1, 0.15) is 0 Å². The first kappa shape index (κ1) is 21.4. The van der Waals surface area contributed by atoms with Crippen molar-refractivity contribution < 1.29 is 14.3 Å². The summed E-state index contributed by atoms with van der Waals surface area (Å²) in [5.41, 5.74) is 1.68. The second-order valence-electron chi connectivity index (χ2n) is 8.06. The minimum absolute atomic E-state index is 0.00979. The molecule has 1 aliphatic rings. The van der Waals surface area contributed by atoms with Crippen LogP contribution in [0.3, 0.4) is 0 Å². The number of morpholine rings is 1. The Morgan fingerprint density at radius 1 is 1.11 bits per heavy atom. The van der Waals surface area contributed by atoms with Crippen LogP contribution in [0.4, 0.5) is 5.69 Å². The van der Waals surface area contributed by atoms with Crippen molar-refractivity contribution in [1.82, 2.24) is 10.2 Å². The molecule has 1 heterocycles. The van der Waals surface area contributed by atoms with Gasteiger partial charge in [0, 0.05) is 43.7 Å².